The minimum absolute atomic E-state index is 0.293. The predicted octanol–water partition coefficient (Wildman–Crippen LogP) is 6.20. The van der Waals surface area contributed by atoms with Crippen LogP contribution in [0.2, 0.25) is 0 Å². The van der Waals surface area contributed by atoms with Crippen LogP contribution in [0.5, 0.6) is 0 Å². The molecule has 2 heteroatoms. The maximum Gasteiger partial charge on any atom is 0.141 e. The highest BCUT2D eigenvalue weighted by Gasteiger charge is 2.35. The van der Waals surface area contributed by atoms with Gasteiger partial charge in [-0.25, -0.2) is 0 Å². The van der Waals surface area contributed by atoms with Crippen molar-refractivity contribution in [2.75, 3.05) is 0 Å². The Kier molecular flexibility index (Phi) is 4.10. The van der Waals surface area contributed by atoms with E-state index in [1.165, 1.54) is 16.7 Å². The second kappa shape index (κ2) is 6.88. The van der Waals surface area contributed by atoms with Crippen LogP contribution in [0.3, 0.4) is 0 Å². The molecule has 1 aromatic heterocycles. The van der Waals surface area contributed by atoms with Crippen molar-refractivity contribution in [1.29, 1.82) is 0 Å². The Bertz CT molecular complexity index is 1020. The first-order valence-corrected chi connectivity index (χ1v) is 9.54. The van der Waals surface area contributed by atoms with Gasteiger partial charge in [-0.2, -0.15) is 0 Å². The van der Waals surface area contributed by atoms with E-state index in [0.717, 1.165) is 29.9 Å². The maximum atomic E-state index is 5.89. The van der Waals surface area contributed by atoms with Crippen molar-refractivity contribution in [1.82, 2.24) is 5.16 Å². The Morgan fingerprint density at radius 1 is 0.704 bits per heavy atom. The number of nitrogens with zero attached hydrogens (tertiary/aromatic N) is 1. The number of benzene rings is 3. The van der Waals surface area contributed by atoms with Gasteiger partial charge in [0.05, 0.1) is 0 Å². The Balaban J connectivity index is 1.64. The summed E-state index contributed by atoms with van der Waals surface area (Å²) < 4.78 is 5.89. The third-order valence-corrected chi connectivity index (χ3v) is 5.62. The minimum Gasteiger partial charge on any atom is -0.360 e. The quantitative estimate of drug-likeness (QED) is 0.439. The zero-order valence-corrected chi connectivity index (χ0v) is 15.1. The molecule has 0 saturated heterocycles. The zero-order valence-electron chi connectivity index (χ0n) is 15.1. The molecule has 1 aliphatic rings. The molecule has 0 spiro atoms. The van der Waals surface area contributed by atoms with E-state index in [9.17, 15) is 0 Å². The Hall–Kier alpha value is -3.13. The molecule has 0 bridgehead atoms. The number of aromatic nitrogens is 1. The van der Waals surface area contributed by atoms with Gasteiger partial charge in [-0.1, -0.05) is 96.2 Å². The van der Waals surface area contributed by atoms with E-state index in [4.69, 9.17) is 4.52 Å². The molecule has 1 heterocycles. The van der Waals surface area contributed by atoms with Crippen LogP contribution in [0.1, 0.15) is 40.7 Å². The fourth-order valence-corrected chi connectivity index (χ4v) is 4.32. The Morgan fingerprint density at radius 2 is 1.30 bits per heavy atom. The molecule has 0 saturated carbocycles. The van der Waals surface area contributed by atoms with Crippen molar-refractivity contribution in [3.05, 3.63) is 113 Å². The summed E-state index contributed by atoms with van der Waals surface area (Å²) in [6.07, 6.45) is 1.98. The summed E-state index contributed by atoms with van der Waals surface area (Å²) >= 11 is 0. The number of hydrogen-bond acceptors (Lipinski definition) is 2. The van der Waals surface area contributed by atoms with Gasteiger partial charge >= 0.3 is 0 Å². The van der Waals surface area contributed by atoms with E-state index in [0.29, 0.717) is 11.8 Å². The van der Waals surface area contributed by atoms with Crippen LogP contribution in [0.25, 0.3) is 11.3 Å². The van der Waals surface area contributed by atoms with Crippen molar-refractivity contribution in [2.24, 2.45) is 0 Å². The van der Waals surface area contributed by atoms with Crippen LogP contribution in [-0.4, -0.2) is 5.16 Å². The van der Waals surface area contributed by atoms with Gasteiger partial charge in [-0.05, 0) is 23.5 Å². The minimum atomic E-state index is 0.293. The normalized spacial score (nSPS) is 18.8. The molecule has 0 amide bonds. The fourth-order valence-electron chi connectivity index (χ4n) is 4.32. The van der Waals surface area contributed by atoms with Gasteiger partial charge in [0.25, 0.3) is 0 Å². The number of hydrogen-bond donors (Lipinski definition) is 0. The second-order valence-corrected chi connectivity index (χ2v) is 7.24. The molecule has 1 aliphatic carbocycles. The molecule has 27 heavy (non-hydrogen) atoms. The van der Waals surface area contributed by atoms with Crippen LogP contribution in [0, 0.1) is 0 Å². The lowest BCUT2D eigenvalue weighted by molar-refractivity contribution is 0.357. The number of rotatable bonds is 3. The lowest BCUT2D eigenvalue weighted by Crippen LogP contribution is -2.17. The van der Waals surface area contributed by atoms with Gasteiger partial charge in [0.2, 0.25) is 0 Å². The first-order chi connectivity index (χ1) is 13.4. The Morgan fingerprint density at radius 3 is 1.96 bits per heavy atom. The van der Waals surface area contributed by atoms with Gasteiger partial charge in [-0.3, -0.25) is 0 Å². The van der Waals surface area contributed by atoms with Gasteiger partial charge in [-0.15, -0.1) is 0 Å². The summed E-state index contributed by atoms with van der Waals surface area (Å²) in [7, 11) is 0. The molecule has 0 N–H and O–H groups in total. The van der Waals surface area contributed by atoms with E-state index >= 15 is 0 Å². The van der Waals surface area contributed by atoms with Crippen LogP contribution in [-0.2, 0) is 6.42 Å². The fraction of sp³-hybridized carbons (Fsp3) is 0.160. The molecule has 5 rings (SSSR count). The lowest BCUT2D eigenvalue weighted by Gasteiger charge is -2.29. The number of fused-ring (bicyclic) bond motifs is 1. The summed E-state index contributed by atoms with van der Waals surface area (Å²) in [5.74, 6) is 1.77. The van der Waals surface area contributed by atoms with E-state index < -0.39 is 0 Å². The van der Waals surface area contributed by atoms with E-state index in [1.807, 2.05) is 6.07 Å². The first-order valence-electron chi connectivity index (χ1n) is 9.54. The van der Waals surface area contributed by atoms with E-state index in [-0.39, 0.29) is 0 Å². The van der Waals surface area contributed by atoms with Crippen molar-refractivity contribution in [3.63, 3.8) is 0 Å². The average molecular weight is 351 g/mol. The smallest absolute Gasteiger partial charge is 0.141 e. The summed E-state index contributed by atoms with van der Waals surface area (Å²) in [5.41, 5.74) is 6.09. The van der Waals surface area contributed by atoms with Gasteiger partial charge in [0, 0.05) is 23.5 Å². The summed E-state index contributed by atoms with van der Waals surface area (Å²) in [6, 6.07) is 31.9. The third kappa shape index (κ3) is 2.97. The monoisotopic (exact) mass is 351 g/mol. The largest absolute Gasteiger partial charge is 0.360 e. The average Bonchev–Trinajstić information content (AvgIpc) is 3.19. The van der Waals surface area contributed by atoms with Crippen LogP contribution < -0.4 is 0 Å². The van der Waals surface area contributed by atoms with Gasteiger partial charge in [0.15, 0.2) is 0 Å². The molecule has 0 radical (unpaired) electrons. The molecule has 2 nitrogen and oxygen atoms in total. The van der Waals surface area contributed by atoms with Crippen molar-refractivity contribution in [3.8, 4) is 11.3 Å². The van der Waals surface area contributed by atoms with Crippen LogP contribution >= 0.6 is 0 Å². The molecule has 3 aromatic carbocycles. The van der Waals surface area contributed by atoms with Gasteiger partial charge < -0.3 is 4.52 Å². The zero-order chi connectivity index (χ0) is 18.1. The molecule has 4 aromatic rings. The SMILES string of the molecule is c1ccc(-c2noc3c2C(c2ccccc2)CC(c2ccccc2)C3)cc1. The standard InChI is InChI=1S/C25H21NO/c1-4-10-18(11-5-1)21-16-22(19-12-6-2-7-13-19)24-23(17-21)27-26-25(24)20-14-8-3-9-15-20/h1-15,21-22H,16-17H2. The van der Waals surface area contributed by atoms with Crippen LogP contribution in [0.4, 0.5) is 0 Å². The third-order valence-electron chi connectivity index (χ3n) is 5.62. The summed E-state index contributed by atoms with van der Waals surface area (Å²) in [6.45, 7) is 0. The highest BCUT2D eigenvalue weighted by molar-refractivity contribution is 5.66. The molecule has 2 unspecified atom stereocenters. The summed E-state index contributed by atoms with van der Waals surface area (Å²) in [5, 5.41) is 4.50. The molecular formula is C25H21NO. The van der Waals surface area contributed by atoms with Crippen molar-refractivity contribution >= 4 is 0 Å². The van der Waals surface area contributed by atoms with Crippen molar-refractivity contribution < 1.29 is 4.52 Å². The lowest BCUT2D eigenvalue weighted by atomic mass is 9.73. The molecule has 132 valence electrons. The molecule has 2 atom stereocenters. The second-order valence-electron chi connectivity index (χ2n) is 7.24. The van der Waals surface area contributed by atoms with E-state index in [1.54, 1.807) is 0 Å². The first kappa shape index (κ1) is 16.1. The highest BCUT2D eigenvalue weighted by atomic mass is 16.5. The maximum absolute atomic E-state index is 5.89. The van der Waals surface area contributed by atoms with Crippen LogP contribution in [0.15, 0.2) is 95.5 Å². The Labute approximate surface area is 159 Å². The molecule has 0 aliphatic heterocycles. The van der Waals surface area contributed by atoms with Crippen molar-refractivity contribution in [2.45, 2.75) is 24.7 Å². The predicted molar refractivity (Wildman–Crippen MR) is 108 cm³/mol. The highest BCUT2D eigenvalue weighted by Crippen LogP contribution is 2.46. The molecular weight excluding hydrogens is 330 g/mol. The topological polar surface area (TPSA) is 26.0 Å². The summed E-state index contributed by atoms with van der Waals surface area (Å²) in [4.78, 5) is 0. The van der Waals surface area contributed by atoms with Gasteiger partial charge in [0.1, 0.15) is 11.5 Å². The molecule has 0 fully saturated rings. The van der Waals surface area contributed by atoms with E-state index in [2.05, 4.69) is 90.1 Å².